The first-order valence-corrected chi connectivity index (χ1v) is 9.39. The van der Waals surface area contributed by atoms with Crippen molar-refractivity contribution in [2.24, 2.45) is 7.05 Å². The fraction of sp³-hybridized carbons (Fsp3) is 0.250. The Labute approximate surface area is 170 Å². The van der Waals surface area contributed by atoms with Gasteiger partial charge >= 0.3 is 5.97 Å². The van der Waals surface area contributed by atoms with Crippen molar-refractivity contribution in [3.05, 3.63) is 75.6 Å². The monoisotopic (exact) mass is 391 g/mol. The molecule has 0 bridgehead atoms. The van der Waals surface area contributed by atoms with Gasteiger partial charge in [-0.15, -0.1) is 0 Å². The summed E-state index contributed by atoms with van der Waals surface area (Å²) < 4.78 is 12.4. The number of pyridine rings is 1. The van der Waals surface area contributed by atoms with Crippen molar-refractivity contribution in [3.8, 4) is 16.9 Å². The van der Waals surface area contributed by atoms with Gasteiger partial charge in [-0.05, 0) is 73.0 Å². The number of nitrogens with zero attached hydrogens (tertiary/aromatic N) is 1. The SMILES string of the molecule is C=CC(=O)OCOc1c(C)c(C)c(-c2cc3ccccc3n(C)c2=O)c(C)c1C. The Kier molecular flexibility index (Phi) is 5.59. The highest BCUT2D eigenvalue weighted by Crippen LogP contribution is 2.37. The molecule has 0 radical (unpaired) electrons. The molecule has 3 rings (SSSR count). The topological polar surface area (TPSA) is 57.5 Å². The first-order chi connectivity index (χ1) is 13.8. The lowest BCUT2D eigenvalue weighted by atomic mass is 9.88. The van der Waals surface area contributed by atoms with Crippen LogP contribution in [-0.2, 0) is 16.6 Å². The number of fused-ring (bicyclic) bond motifs is 1. The zero-order valence-electron chi connectivity index (χ0n) is 17.5. The molecule has 0 spiro atoms. The third-order valence-electron chi connectivity index (χ3n) is 5.53. The van der Waals surface area contributed by atoms with Crippen molar-refractivity contribution >= 4 is 16.9 Å². The van der Waals surface area contributed by atoms with E-state index in [-0.39, 0.29) is 12.4 Å². The van der Waals surface area contributed by atoms with E-state index < -0.39 is 5.97 Å². The normalized spacial score (nSPS) is 10.8. The van der Waals surface area contributed by atoms with Gasteiger partial charge in [0.1, 0.15) is 5.75 Å². The highest BCUT2D eigenvalue weighted by Gasteiger charge is 2.20. The largest absolute Gasteiger partial charge is 0.457 e. The van der Waals surface area contributed by atoms with Crippen molar-refractivity contribution in [1.29, 1.82) is 0 Å². The number of aryl methyl sites for hydroxylation is 1. The van der Waals surface area contributed by atoms with Gasteiger partial charge in [0, 0.05) is 18.7 Å². The second-order valence-corrected chi connectivity index (χ2v) is 7.11. The minimum Gasteiger partial charge on any atom is -0.457 e. The Morgan fingerprint density at radius 2 is 1.69 bits per heavy atom. The molecule has 150 valence electrons. The number of ether oxygens (including phenoxy) is 2. The van der Waals surface area contributed by atoms with Crippen LogP contribution in [0, 0.1) is 27.7 Å². The molecule has 0 amide bonds. The van der Waals surface area contributed by atoms with Crippen LogP contribution in [0.25, 0.3) is 22.0 Å². The molecule has 1 aromatic heterocycles. The number of hydrogen-bond acceptors (Lipinski definition) is 4. The summed E-state index contributed by atoms with van der Waals surface area (Å²) in [5.41, 5.74) is 6.19. The average molecular weight is 391 g/mol. The van der Waals surface area contributed by atoms with Crippen LogP contribution < -0.4 is 10.3 Å². The molecule has 0 N–H and O–H groups in total. The Balaban J connectivity index is 2.16. The van der Waals surface area contributed by atoms with E-state index in [1.54, 1.807) is 11.6 Å². The molecule has 0 aliphatic rings. The van der Waals surface area contributed by atoms with Crippen molar-refractivity contribution < 1.29 is 14.3 Å². The second kappa shape index (κ2) is 7.95. The van der Waals surface area contributed by atoms with Crippen LogP contribution in [0.2, 0.25) is 0 Å². The van der Waals surface area contributed by atoms with Crippen molar-refractivity contribution in [1.82, 2.24) is 4.57 Å². The maximum absolute atomic E-state index is 13.1. The van der Waals surface area contributed by atoms with Gasteiger partial charge in [-0.2, -0.15) is 0 Å². The number of rotatable bonds is 5. The third kappa shape index (κ3) is 3.56. The smallest absolute Gasteiger partial charge is 0.333 e. The quantitative estimate of drug-likeness (QED) is 0.365. The Morgan fingerprint density at radius 3 is 2.31 bits per heavy atom. The molecule has 29 heavy (non-hydrogen) atoms. The van der Waals surface area contributed by atoms with Crippen molar-refractivity contribution in [2.45, 2.75) is 27.7 Å². The minimum absolute atomic E-state index is 0.0396. The number of carbonyl (C=O) groups excluding carboxylic acids is 1. The number of carbonyl (C=O) groups is 1. The van der Waals surface area contributed by atoms with Gasteiger partial charge in [0.05, 0.1) is 5.52 Å². The Morgan fingerprint density at radius 1 is 1.07 bits per heavy atom. The summed E-state index contributed by atoms with van der Waals surface area (Å²) >= 11 is 0. The van der Waals surface area contributed by atoms with Crippen molar-refractivity contribution in [3.63, 3.8) is 0 Å². The van der Waals surface area contributed by atoms with Gasteiger partial charge in [-0.1, -0.05) is 24.8 Å². The molecule has 3 aromatic rings. The van der Waals surface area contributed by atoms with Crippen molar-refractivity contribution in [2.75, 3.05) is 6.79 Å². The van der Waals surface area contributed by atoms with Crippen LogP contribution in [0.5, 0.6) is 5.75 Å². The number of benzene rings is 2. The molecule has 0 unspecified atom stereocenters. The maximum Gasteiger partial charge on any atom is 0.333 e. The predicted octanol–water partition coefficient (Wildman–Crippen LogP) is 4.50. The van der Waals surface area contributed by atoms with Gasteiger partial charge in [-0.3, -0.25) is 4.79 Å². The zero-order chi connectivity index (χ0) is 21.3. The van der Waals surface area contributed by atoms with E-state index in [2.05, 4.69) is 6.58 Å². The summed E-state index contributed by atoms with van der Waals surface area (Å²) in [6, 6.07) is 9.80. The lowest BCUT2D eigenvalue weighted by Crippen LogP contribution is -2.20. The van der Waals surface area contributed by atoms with Crippen LogP contribution in [-0.4, -0.2) is 17.3 Å². The second-order valence-electron chi connectivity index (χ2n) is 7.11. The molecule has 1 heterocycles. The van der Waals surface area contributed by atoms with E-state index in [4.69, 9.17) is 9.47 Å². The van der Waals surface area contributed by atoms with E-state index in [0.29, 0.717) is 11.3 Å². The zero-order valence-corrected chi connectivity index (χ0v) is 17.5. The number of hydrogen-bond donors (Lipinski definition) is 0. The van der Waals surface area contributed by atoms with Gasteiger partial charge < -0.3 is 14.0 Å². The molecule has 0 saturated heterocycles. The standard InChI is InChI=1S/C24H25NO4/c1-7-21(26)28-13-29-23-16(4)14(2)22(15(3)17(23)5)19-12-18-10-8-9-11-20(18)25(6)24(19)27/h7-12H,1,13H2,2-6H3. The molecule has 0 aliphatic carbocycles. The summed E-state index contributed by atoms with van der Waals surface area (Å²) in [6.45, 7) is 11.0. The van der Waals surface area contributed by atoms with Crippen LogP contribution in [0.3, 0.4) is 0 Å². The summed E-state index contributed by atoms with van der Waals surface area (Å²) in [6.07, 6.45) is 1.10. The predicted molar refractivity (Wildman–Crippen MR) is 115 cm³/mol. The fourth-order valence-electron chi connectivity index (χ4n) is 3.71. The highest BCUT2D eigenvalue weighted by molar-refractivity contribution is 5.86. The van der Waals surface area contributed by atoms with Gasteiger partial charge in [0.15, 0.2) is 0 Å². The van der Waals surface area contributed by atoms with E-state index in [1.807, 2.05) is 58.0 Å². The van der Waals surface area contributed by atoms with E-state index in [1.165, 1.54) is 0 Å². The summed E-state index contributed by atoms with van der Waals surface area (Å²) in [4.78, 5) is 24.4. The van der Waals surface area contributed by atoms with E-state index >= 15 is 0 Å². The van der Waals surface area contributed by atoms with Gasteiger partial charge in [0.25, 0.3) is 5.56 Å². The Bertz CT molecular complexity index is 1160. The minimum atomic E-state index is -0.537. The highest BCUT2D eigenvalue weighted by atomic mass is 16.7. The number of aromatic nitrogens is 1. The molecule has 5 nitrogen and oxygen atoms in total. The van der Waals surface area contributed by atoms with Crippen LogP contribution >= 0.6 is 0 Å². The summed E-state index contributed by atoms with van der Waals surface area (Å²) in [7, 11) is 1.80. The molecule has 0 saturated carbocycles. The van der Waals surface area contributed by atoms with E-state index in [9.17, 15) is 9.59 Å². The summed E-state index contributed by atoms with van der Waals surface area (Å²) in [5, 5.41) is 1.01. The molecule has 5 heteroatoms. The molecular weight excluding hydrogens is 366 g/mol. The van der Waals surface area contributed by atoms with Crippen LogP contribution in [0.1, 0.15) is 22.3 Å². The lowest BCUT2D eigenvalue weighted by Gasteiger charge is -2.21. The Hall–Kier alpha value is -3.34. The average Bonchev–Trinajstić information content (AvgIpc) is 2.72. The van der Waals surface area contributed by atoms with Gasteiger partial charge in [-0.25, -0.2) is 4.79 Å². The molecule has 2 aromatic carbocycles. The summed E-state index contributed by atoms with van der Waals surface area (Å²) in [5.74, 6) is 0.128. The number of esters is 1. The molecule has 0 aliphatic heterocycles. The van der Waals surface area contributed by atoms with Crippen LogP contribution in [0.15, 0.2) is 47.8 Å². The molecule has 0 atom stereocenters. The lowest BCUT2D eigenvalue weighted by molar-refractivity contribution is -0.144. The van der Waals surface area contributed by atoms with Gasteiger partial charge in [0.2, 0.25) is 6.79 Å². The third-order valence-corrected chi connectivity index (χ3v) is 5.53. The molecule has 0 fully saturated rings. The van der Waals surface area contributed by atoms with Crippen LogP contribution in [0.4, 0.5) is 0 Å². The maximum atomic E-state index is 13.1. The van der Waals surface area contributed by atoms with E-state index in [0.717, 1.165) is 44.8 Å². The first kappa shape index (κ1) is 20.4. The molecular formula is C24H25NO4. The first-order valence-electron chi connectivity index (χ1n) is 9.39. The number of para-hydroxylation sites is 1. The fourth-order valence-corrected chi connectivity index (χ4v) is 3.71.